The highest BCUT2D eigenvalue weighted by atomic mass is 16.5. The van der Waals surface area contributed by atoms with E-state index in [0.29, 0.717) is 18.7 Å². The Morgan fingerprint density at radius 3 is 2.62 bits per heavy atom. The van der Waals surface area contributed by atoms with Crippen LogP contribution in [-0.2, 0) is 6.54 Å². The van der Waals surface area contributed by atoms with Crippen molar-refractivity contribution < 1.29 is 9.53 Å². The van der Waals surface area contributed by atoms with Crippen LogP contribution in [0.15, 0.2) is 66.7 Å². The number of hydrogen-bond acceptors (Lipinski definition) is 3. The van der Waals surface area contributed by atoms with Crippen LogP contribution in [0.3, 0.4) is 0 Å². The molecule has 164 valence electrons. The molecule has 4 aromatic rings. The van der Waals surface area contributed by atoms with Crippen molar-refractivity contribution in [3.05, 3.63) is 94.8 Å². The number of imidazole rings is 1. The molecule has 1 heterocycles. The third kappa shape index (κ3) is 4.52. The van der Waals surface area contributed by atoms with Crippen molar-refractivity contribution >= 4 is 16.9 Å². The van der Waals surface area contributed by atoms with E-state index in [9.17, 15) is 4.79 Å². The Hall–Kier alpha value is -3.60. The second-order valence-corrected chi connectivity index (χ2v) is 8.22. The van der Waals surface area contributed by atoms with Gasteiger partial charge in [0.2, 0.25) is 0 Å². The smallest absolute Gasteiger partial charge is 0.251 e. The first kappa shape index (κ1) is 21.6. The van der Waals surface area contributed by atoms with Crippen LogP contribution in [0.4, 0.5) is 0 Å². The molecule has 5 heteroatoms. The number of nitrogens with one attached hydrogen (secondary N) is 1. The first-order valence-corrected chi connectivity index (χ1v) is 11.0. The quantitative estimate of drug-likeness (QED) is 0.422. The standard InChI is InChI=1S/C27H29N3O2/c1-18-9-7-11-22(17-18)27(31)28-21(4)26-29-23-12-5-6-13-24(23)30(26)15-16-32-25-14-8-10-19(2)20(25)3/h5-14,17,21H,15-16H2,1-4H3,(H,28,31). The number of fused-ring (bicyclic) bond motifs is 1. The SMILES string of the molecule is Cc1cccc(C(=O)NC(C)c2nc3ccccc3n2CCOc2cccc(C)c2C)c1. The van der Waals surface area contributed by atoms with Crippen LogP contribution in [0.5, 0.6) is 5.75 Å². The largest absolute Gasteiger partial charge is 0.491 e. The van der Waals surface area contributed by atoms with Crippen LogP contribution < -0.4 is 10.1 Å². The van der Waals surface area contributed by atoms with E-state index in [-0.39, 0.29) is 11.9 Å². The Labute approximate surface area is 189 Å². The third-order valence-electron chi connectivity index (χ3n) is 5.83. The Bertz CT molecular complexity index is 1260. The maximum atomic E-state index is 12.8. The van der Waals surface area contributed by atoms with E-state index in [4.69, 9.17) is 9.72 Å². The summed E-state index contributed by atoms with van der Waals surface area (Å²) in [6.45, 7) is 9.25. The van der Waals surface area contributed by atoms with Gasteiger partial charge < -0.3 is 14.6 Å². The molecule has 1 aromatic heterocycles. The van der Waals surface area contributed by atoms with Crippen LogP contribution in [0.1, 0.15) is 45.8 Å². The van der Waals surface area contributed by atoms with E-state index in [1.165, 1.54) is 5.56 Å². The zero-order valence-corrected chi connectivity index (χ0v) is 19.1. The average molecular weight is 428 g/mol. The zero-order chi connectivity index (χ0) is 22.7. The first-order valence-electron chi connectivity index (χ1n) is 11.0. The molecule has 4 rings (SSSR count). The van der Waals surface area contributed by atoms with Crippen LogP contribution >= 0.6 is 0 Å². The minimum absolute atomic E-state index is 0.105. The van der Waals surface area contributed by atoms with Crippen LogP contribution in [-0.4, -0.2) is 22.1 Å². The fourth-order valence-electron chi connectivity index (χ4n) is 3.92. The molecule has 0 spiro atoms. The molecule has 1 atom stereocenters. The van der Waals surface area contributed by atoms with Gasteiger partial charge in [0.1, 0.15) is 18.2 Å². The average Bonchev–Trinajstić information content (AvgIpc) is 3.15. The topological polar surface area (TPSA) is 56.2 Å². The lowest BCUT2D eigenvalue weighted by atomic mass is 10.1. The molecule has 0 fully saturated rings. The lowest BCUT2D eigenvalue weighted by molar-refractivity contribution is 0.0937. The Kier molecular flexibility index (Phi) is 6.26. The molecule has 0 saturated carbocycles. The summed E-state index contributed by atoms with van der Waals surface area (Å²) in [5, 5.41) is 3.10. The summed E-state index contributed by atoms with van der Waals surface area (Å²) < 4.78 is 8.24. The first-order chi connectivity index (χ1) is 15.4. The number of rotatable bonds is 7. The van der Waals surface area contributed by atoms with Gasteiger partial charge in [-0.15, -0.1) is 0 Å². The summed E-state index contributed by atoms with van der Waals surface area (Å²) in [5.74, 6) is 1.61. The predicted octanol–water partition coefficient (Wildman–Crippen LogP) is 5.53. The number of nitrogens with zero attached hydrogens (tertiary/aromatic N) is 2. The van der Waals surface area contributed by atoms with Crippen molar-refractivity contribution in [3.8, 4) is 5.75 Å². The lowest BCUT2D eigenvalue weighted by Crippen LogP contribution is -2.29. The number of hydrogen-bond donors (Lipinski definition) is 1. The van der Waals surface area contributed by atoms with E-state index in [0.717, 1.165) is 33.7 Å². The van der Waals surface area contributed by atoms with E-state index >= 15 is 0 Å². The van der Waals surface area contributed by atoms with E-state index in [2.05, 4.69) is 35.9 Å². The van der Waals surface area contributed by atoms with Gasteiger partial charge in [-0.2, -0.15) is 0 Å². The number of carbonyl (C=O) groups is 1. The van der Waals surface area contributed by atoms with Gasteiger partial charge in [0.05, 0.1) is 23.6 Å². The fourth-order valence-corrected chi connectivity index (χ4v) is 3.92. The molecule has 1 unspecified atom stereocenters. The summed E-state index contributed by atoms with van der Waals surface area (Å²) in [6, 6.07) is 21.5. The van der Waals surface area contributed by atoms with Gasteiger partial charge in [-0.05, 0) is 69.2 Å². The molecule has 5 nitrogen and oxygen atoms in total. The van der Waals surface area contributed by atoms with Crippen molar-refractivity contribution in [1.82, 2.24) is 14.9 Å². The Morgan fingerprint density at radius 2 is 1.81 bits per heavy atom. The maximum absolute atomic E-state index is 12.8. The summed E-state index contributed by atoms with van der Waals surface area (Å²) in [7, 11) is 0. The molecule has 32 heavy (non-hydrogen) atoms. The normalized spacial score (nSPS) is 12.0. The molecule has 3 aromatic carbocycles. The van der Waals surface area contributed by atoms with Crippen molar-refractivity contribution in [2.24, 2.45) is 0 Å². The molecule has 0 aliphatic rings. The monoisotopic (exact) mass is 427 g/mol. The van der Waals surface area contributed by atoms with Crippen molar-refractivity contribution in [2.45, 2.75) is 40.3 Å². The fraction of sp³-hybridized carbons (Fsp3) is 0.259. The molecule has 0 radical (unpaired) electrons. The highest BCUT2D eigenvalue weighted by Crippen LogP contribution is 2.23. The van der Waals surface area contributed by atoms with Gasteiger partial charge >= 0.3 is 0 Å². The molecule has 0 aliphatic heterocycles. The minimum Gasteiger partial charge on any atom is -0.491 e. The van der Waals surface area contributed by atoms with Gasteiger partial charge in [-0.3, -0.25) is 4.79 Å². The summed E-state index contributed by atoms with van der Waals surface area (Å²) in [5.41, 5.74) is 6.01. The predicted molar refractivity (Wildman–Crippen MR) is 128 cm³/mol. The van der Waals surface area contributed by atoms with Gasteiger partial charge in [-0.1, -0.05) is 42.0 Å². The second-order valence-electron chi connectivity index (χ2n) is 8.22. The lowest BCUT2D eigenvalue weighted by Gasteiger charge is -2.17. The number of aromatic nitrogens is 2. The third-order valence-corrected chi connectivity index (χ3v) is 5.83. The molecule has 1 amide bonds. The van der Waals surface area contributed by atoms with Crippen LogP contribution in [0, 0.1) is 20.8 Å². The number of amides is 1. The molecule has 1 N–H and O–H groups in total. The number of benzene rings is 3. The molecule has 0 aliphatic carbocycles. The van der Waals surface area contributed by atoms with Crippen LogP contribution in [0.25, 0.3) is 11.0 Å². The van der Waals surface area contributed by atoms with Crippen molar-refractivity contribution in [2.75, 3.05) is 6.61 Å². The van der Waals surface area contributed by atoms with E-state index < -0.39 is 0 Å². The summed E-state index contributed by atoms with van der Waals surface area (Å²) in [6.07, 6.45) is 0. The summed E-state index contributed by atoms with van der Waals surface area (Å²) in [4.78, 5) is 17.6. The Morgan fingerprint density at radius 1 is 1.03 bits per heavy atom. The number of para-hydroxylation sites is 2. The van der Waals surface area contributed by atoms with Gasteiger partial charge in [0, 0.05) is 5.56 Å². The zero-order valence-electron chi connectivity index (χ0n) is 19.1. The highest BCUT2D eigenvalue weighted by Gasteiger charge is 2.19. The van der Waals surface area contributed by atoms with Gasteiger partial charge in [-0.25, -0.2) is 4.98 Å². The van der Waals surface area contributed by atoms with Crippen LogP contribution in [0.2, 0.25) is 0 Å². The molecule has 0 saturated heterocycles. The van der Waals surface area contributed by atoms with Gasteiger partial charge in [0.15, 0.2) is 0 Å². The van der Waals surface area contributed by atoms with E-state index in [1.807, 2.05) is 68.4 Å². The summed E-state index contributed by atoms with van der Waals surface area (Å²) >= 11 is 0. The maximum Gasteiger partial charge on any atom is 0.251 e. The van der Waals surface area contributed by atoms with Crippen molar-refractivity contribution in [1.29, 1.82) is 0 Å². The van der Waals surface area contributed by atoms with Crippen molar-refractivity contribution in [3.63, 3.8) is 0 Å². The highest BCUT2D eigenvalue weighted by molar-refractivity contribution is 5.94. The second kappa shape index (κ2) is 9.27. The molecular formula is C27H29N3O2. The number of ether oxygens (including phenoxy) is 1. The Balaban J connectivity index is 1.55. The molecular weight excluding hydrogens is 398 g/mol. The number of aryl methyl sites for hydroxylation is 2. The number of carbonyl (C=O) groups excluding carboxylic acids is 1. The minimum atomic E-state index is -0.254. The van der Waals surface area contributed by atoms with Gasteiger partial charge in [0.25, 0.3) is 5.91 Å². The van der Waals surface area contributed by atoms with E-state index in [1.54, 1.807) is 0 Å². The molecule has 0 bridgehead atoms.